The fourth-order valence-electron chi connectivity index (χ4n) is 11.2. The van der Waals surface area contributed by atoms with Gasteiger partial charge < -0.3 is 9.80 Å². The van der Waals surface area contributed by atoms with Crippen molar-refractivity contribution in [3.8, 4) is 0 Å². The number of rotatable bonds is 5. The molecule has 0 amide bonds. The number of fused-ring (bicyclic) bond motifs is 2. The standard InChI is InChI=1S/C13H22N4.C13H15N.C11H13F3.C11H13NS.C11H22.C10H15N.C9H20.2C7H16/c1-13(2,3)11-9-14-12(15-10-11)17-7-5-16(4)6-8-17;1-13(2,3)12-8-10-6-4-5-7-11(10)9-14-12;1-10(2,3)8-4-6-9(7-5-8)11(12,13)14;1-11(2,3)8-4-5-9-10(6-8)13-7-12-9;1-11(2,3)10-8-6-4-5-7-9-10;1-8-6-5-7-9(11-8)10(2,3)4;1-8(2)6-7-9(3,4)5;2*1-5-6-7(2,3)4/h9-10H,5-8H2,1-4H3;4-9H,1-3H3;4-7H,1-3H3;4-7H,1-3H3;10H,4-9H2,1-3H3;5-7H,1-4H3;8H,6-7H2,1-5H3;2*5-6H2,1-4H3. The van der Waals surface area contributed by atoms with Crippen LogP contribution in [0.15, 0.2) is 115 Å². The quantitative estimate of drug-likeness (QED) is 0.159. The zero-order valence-electron chi connectivity index (χ0n) is 72.1. The summed E-state index contributed by atoms with van der Waals surface area (Å²) in [5.74, 6) is 2.72. The summed E-state index contributed by atoms with van der Waals surface area (Å²) in [6, 6.07) is 28.5. The van der Waals surface area contributed by atoms with E-state index in [1.807, 2.05) is 63.9 Å². The molecule has 0 radical (unpaired) electrons. The number of aromatic nitrogens is 5. The average molecular weight is 1450 g/mol. The number of halogens is 3. The third-order valence-corrected chi connectivity index (χ3v) is 19.0. The number of benzene rings is 3. The average Bonchev–Trinajstić information content (AvgIpc) is 1.82. The lowest BCUT2D eigenvalue weighted by Crippen LogP contribution is -2.45. The molecule has 7 aromatic rings. The number of nitrogens with zero attached hydrogens (tertiary/aromatic N) is 7. The summed E-state index contributed by atoms with van der Waals surface area (Å²) in [5.41, 5.74) is 12.0. The largest absolute Gasteiger partial charge is 0.416 e. The summed E-state index contributed by atoms with van der Waals surface area (Å²) >= 11 is 1.71. The maximum Gasteiger partial charge on any atom is 0.416 e. The molecule has 103 heavy (non-hydrogen) atoms. The van der Waals surface area contributed by atoms with Crippen LogP contribution in [0.4, 0.5) is 19.1 Å². The number of thiazole rings is 1. The third-order valence-electron chi connectivity index (χ3n) is 18.2. The van der Waals surface area contributed by atoms with Crippen molar-refractivity contribution in [2.45, 2.75) is 332 Å². The number of aryl methyl sites for hydroxylation is 1. The van der Waals surface area contributed by atoms with Crippen LogP contribution < -0.4 is 4.90 Å². The van der Waals surface area contributed by atoms with E-state index >= 15 is 0 Å². The Bertz CT molecular complexity index is 3330. The number of alkyl halides is 3. The van der Waals surface area contributed by atoms with Crippen molar-refractivity contribution >= 4 is 38.3 Å². The first kappa shape index (κ1) is 95.8. The van der Waals surface area contributed by atoms with Gasteiger partial charge in [-0.05, 0) is 160 Å². The van der Waals surface area contributed by atoms with Crippen LogP contribution in [0.2, 0.25) is 0 Å². The fourth-order valence-corrected chi connectivity index (χ4v) is 11.9. The van der Waals surface area contributed by atoms with Gasteiger partial charge in [0, 0.05) is 78.1 Å². The Hall–Kier alpha value is -5.26. The van der Waals surface area contributed by atoms with E-state index in [0.717, 1.165) is 84.3 Å². The van der Waals surface area contributed by atoms with E-state index in [1.54, 1.807) is 11.3 Å². The molecule has 1 saturated heterocycles. The molecule has 7 nitrogen and oxygen atoms in total. The highest BCUT2D eigenvalue weighted by molar-refractivity contribution is 7.16. The van der Waals surface area contributed by atoms with Crippen LogP contribution in [0, 0.1) is 40.4 Å². The van der Waals surface area contributed by atoms with Gasteiger partial charge in [0.1, 0.15) is 0 Å². The monoisotopic (exact) mass is 1440 g/mol. The predicted molar refractivity (Wildman–Crippen MR) is 450 cm³/mol. The minimum Gasteiger partial charge on any atom is -0.338 e. The van der Waals surface area contributed by atoms with Gasteiger partial charge in [-0.25, -0.2) is 15.0 Å². The van der Waals surface area contributed by atoms with E-state index in [2.05, 4.69) is 290 Å². The summed E-state index contributed by atoms with van der Waals surface area (Å²) in [4.78, 5) is 26.8. The highest BCUT2D eigenvalue weighted by Crippen LogP contribution is 2.37. The molecule has 0 unspecified atom stereocenters. The normalized spacial score (nSPS) is 14.4. The van der Waals surface area contributed by atoms with Gasteiger partial charge in [-0.2, -0.15) is 13.2 Å². The molecule has 2 fully saturated rings. The van der Waals surface area contributed by atoms with Crippen LogP contribution in [-0.4, -0.2) is 63.0 Å². The molecule has 1 aliphatic carbocycles. The molecule has 11 heteroatoms. The first-order valence-electron chi connectivity index (χ1n) is 39.0. The van der Waals surface area contributed by atoms with Gasteiger partial charge in [0.2, 0.25) is 5.95 Å². The summed E-state index contributed by atoms with van der Waals surface area (Å²) in [7, 11) is 2.15. The van der Waals surface area contributed by atoms with E-state index in [-0.39, 0.29) is 27.1 Å². The molecular weight excluding hydrogens is 1290 g/mol. The van der Waals surface area contributed by atoms with Crippen molar-refractivity contribution in [2.24, 2.45) is 33.5 Å². The van der Waals surface area contributed by atoms with Gasteiger partial charge >= 0.3 is 6.18 Å². The maximum absolute atomic E-state index is 12.2. The smallest absolute Gasteiger partial charge is 0.338 e. The van der Waals surface area contributed by atoms with Crippen molar-refractivity contribution < 1.29 is 13.2 Å². The Morgan fingerprint density at radius 3 is 1.29 bits per heavy atom. The van der Waals surface area contributed by atoms with Gasteiger partial charge in [-0.3, -0.25) is 9.97 Å². The zero-order chi connectivity index (χ0) is 79.2. The number of likely N-dealkylation sites (N-methyl/N-ethyl adjacent to an activating group) is 1. The second-order valence-corrected chi connectivity index (χ2v) is 40.1. The van der Waals surface area contributed by atoms with E-state index in [1.165, 1.54) is 116 Å². The third kappa shape index (κ3) is 42.6. The lowest BCUT2D eigenvalue weighted by Gasteiger charge is -2.32. The Morgan fingerprint density at radius 1 is 0.456 bits per heavy atom. The van der Waals surface area contributed by atoms with Crippen molar-refractivity contribution in [3.63, 3.8) is 0 Å². The molecule has 582 valence electrons. The van der Waals surface area contributed by atoms with Gasteiger partial charge in [-0.1, -0.05) is 308 Å². The Kier molecular flexibility index (Phi) is 39.9. The lowest BCUT2D eigenvalue weighted by atomic mass is 9.76. The molecule has 2 aliphatic rings. The molecule has 1 saturated carbocycles. The maximum atomic E-state index is 12.2. The predicted octanol–water partition coefficient (Wildman–Crippen LogP) is 28.5. The highest BCUT2D eigenvalue weighted by atomic mass is 32.1. The fraction of sp³-hybridized carbons (Fsp3) is 0.663. The molecule has 0 bridgehead atoms. The summed E-state index contributed by atoms with van der Waals surface area (Å²) in [6.45, 7) is 75.2. The molecule has 0 atom stereocenters. The van der Waals surface area contributed by atoms with Crippen LogP contribution in [0.25, 0.3) is 21.0 Å². The molecule has 4 aromatic heterocycles. The first-order valence-corrected chi connectivity index (χ1v) is 39.9. The van der Waals surface area contributed by atoms with E-state index in [4.69, 9.17) is 0 Å². The van der Waals surface area contributed by atoms with E-state index in [0.29, 0.717) is 21.7 Å². The van der Waals surface area contributed by atoms with Crippen LogP contribution in [0.3, 0.4) is 0 Å². The second kappa shape index (κ2) is 42.9. The van der Waals surface area contributed by atoms with Crippen LogP contribution in [0.1, 0.15) is 331 Å². The van der Waals surface area contributed by atoms with Crippen LogP contribution >= 0.6 is 11.3 Å². The molecule has 9 rings (SSSR count). The molecule has 5 heterocycles. The number of anilines is 1. The van der Waals surface area contributed by atoms with Gasteiger partial charge in [-0.15, -0.1) is 11.3 Å². The Labute approximate surface area is 635 Å². The number of piperazine rings is 1. The summed E-state index contributed by atoms with van der Waals surface area (Å²) < 4.78 is 37.9. The number of hydrogen-bond acceptors (Lipinski definition) is 8. The topological polar surface area (TPSA) is 70.9 Å². The molecule has 3 aromatic carbocycles. The number of hydrogen-bond donors (Lipinski definition) is 0. The van der Waals surface area contributed by atoms with E-state index < -0.39 is 11.7 Å². The lowest BCUT2D eigenvalue weighted by molar-refractivity contribution is -0.137. The SMILES string of the molecule is CC(C)(C)C1CCCCCC1.CC(C)(C)c1cc2ccccc2cn1.CC(C)(C)c1ccc(C(F)(F)F)cc1.CC(C)(C)c1ccc2ncsc2c1.CC(C)CCC(C)(C)C.CCCC(C)(C)C.CCCC(C)(C)C.CN1CCN(c2ncc(C(C)(C)C)cn2)CC1.Cc1cccc(C(C)(C)C)n1. The van der Waals surface area contributed by atoms with Gasteiger partial charge in [0.05, 0.1) is 21.3 Å². The molecule has 1 aliphatic heterocycles. The minimum absolute atomic E-state index is 0.107. The second-order valence-electron chi connectivity index (χ2n) is 39.2. The van der Waals surface area contributed by atoms with E-state index in [9.17, 15) is 13.2 Å². The van der Waals surface area contributed by atoms with Crippen molar-refractivity contribution in [3.05, 3.63) is 154 Å². The van der Waals surface area contributed by atoms with Crippen LogP contribution in [0.5, 0.6) is 0 Å². The summed E-state index contributed by atoms with van der Waals surface area (Å²) in [5, 5.41) is 2.48. The minimum atomic E-state index is -4.24. The molecule has 0 N–H and O–H groups in total. The highest BCUT2D eigenvalue weighted by Gasteiger charge is 2.31. The summed E-state index contributed by atoms with van der Waals surface area (Å²) in [6.07, 6.45) is 18.5. The first-order chi connectivity index (χ1) is 47.0. The van der Waals surface area contributed by atoms with Crippen molar-refractivity contribution in [1.82, 2.24) is 29.8 Å². The Morgan fingerprint density at radius 2 is 0.913 bits per heavy atom. The van der Waals surface area contributed by atoms with Gasteiger partial charge in [0.15, 0.2) is 0 Å². The Balaban J connectivity index is 0.000000587. The van der Waals surface area contributed by atoms with Crippen molar-refractivity contribution in [2.75, 3.05) is 38.1 Å². The van der Waals surface area contributed by atoms with Gasteiger partial charge in [0.25, 0.3) is 0 Å². The zero-order valence-corrected chi connectivity index (χ0v) is 72.9. The molecular formula is C92H152F3N7S. The van der Waals surface area contributed by atoms with Crippen LogP contribution in [-0.2, 0) is 33.3 Å². The molecule has 0 spiro atoms. The van der Waals surface area contributed by atoms with Crippen molar-refractivity contribution in [1.29, 1.82) is 0 Å². The number of pyridine rings is 2.